The van der Waals surface area contributed by atoms with Crippen molar-refractivity contribution in [1.82, 2.24) is 10.3 Å². The molecule has 0 unspecified atom stereocenters. The molecule has 1 aromatic carbocycles. The maximum absolute atomic E-state index is 5.29. The van der Waals surface area contributed by atoms with Gasteiger partial charge in [0.15, 0.2) is 0 Å². The molecule has 0 saturated heterocycles. The third-order valence-corrected chi connectivity index (χ3v) is 4.05. The van der Waals surface area contributed by atoms with Crippen molar-refractivity contribution in [3.8, 4) is 5.75 Å². The predicted octanol–water partition coefficient (Wildman–Crippen LogP) is 3.95. The van der Waals surface area contributed by atoms with Gasteiger partial charge in [-0.1, -0.05) is 6.07 Å². The number of benzene rings is 1. The van der Waals surface area contributed by atoms with E-state index in [1.165, 1.54) is 5.56 Å². The topological polar surface area (TPSA) is 34.1 Å². The summed E-state index contributed by atoms with van der Waals surface area (Å²) < 4.78 is 7.20. The van der Waals surface area contributed by atoms with Gasteiger partial charge in [-0.3, -0.25) is 4.98 Å². The highest BCUT2D eigenvalue weighted by Gasteiger charge is 2.07. The molecule has 3 nitrogen and oxygen atoms in total. The zero-order valence-electron chi connectivity index (χ0n) is 11.2. The fraction of sp³-hybridized carbons (Fsp3) is 0.267. The van der Waals surface area contributed by atoms with Crippen LogP contribution in [-0.4, -0.2) is 18.6 Å². The molecule has 5 heteroatoms. The lowest BCUT2D eigenvalue weighted by Crippen LogP contribution is -2.17. The smallest absolute Gasteiger partial charge is 0.147 e. The van der Waals surface area contributed by atoms with Gasteiger partial charge < -0.3 is 10.1 Å². The minimum atomic E-state index is 0.814. The minimum absolute atomic E-state index is 0.814. The predicted molar refractivity (Wildman–Crippen MR) is 88.0 cm³/mol. The molecule has 0 bridgehead atoms. The first-order valence-electron chi connectivity index (χ1n) is 6.33. The molecule has 0 atom stereocenters. The molecule has 106 valence electrons. The summed E-state index contributed by atoms with van der Waals surface area (Å²) in [5.41, 5.74) is 2.31. The Hall–Kier alpha value is -0.910. The van der Waals surface area contributed by atoms with Crippen LogP contribution in [0.1, 0.15) is 11.3 Å². The fourth-order valence-electron chi connectivity index (χ4n) is 1.90. The van der Waals surface area contributed by atoms with Crippen LogP contribution < -0.4 is 10.1 Å². The largest absolute Gasteiger partial charge is 0.494 e. The summed E-state index contributed by atoms with van der Waals surface area (Å²) in [5, 5.41) is 3.42. The van der Waals surface area contributed by atoms with Crippen molar-refractivity contribution in [3.05, 3.63) is 56.7 Å². The zero-order chi connectivity index (χ0) is 14.4. The number of hydrogen-bond donors (Lipinski definition) is 1. The maximum atomic E-state index is 5.29. The summed E-state index contributed by atoms with van der Waals surface area (Å²) in [6.45, 7) is 1.71. The highest BCUT2D eigenvalue weighted by molar-refractivity contribution is 9.11. The monoisotopic (exact) mass is 398 g/mol. The van der Waals surface area contributed by atoms with Crippen molar-refractivity contribution in [2.45, 2.75) is 13.0 Å². The second-order valence-corrected chi connectivity index (χ2v) is 6.05. The van der Waals surface area contributed by atoms with E-state index in [9.17, 15) is 0 Å². The minimum Gasteiger partial charge on any atom is -0.494 e. The summed E-state index contributed by atoms with van der Waals surface area (Å²) in [5.74, 6) is 0.822. The highest BCUT2D eigenvalue weighted by Crippen LogP contribution is 2.34. The first-order chi connectivity index (χ1) is 9.70. The number of aromatic nitrogens is 1. The molecule has 0 amide bonds. The van der Waals surface area contributed by atoms with Crippen molar-refractivity contribution < 1.29 is 4.74 Å². The van der Waals surface area contributed by atoms with Gasteiger partial charge in [0.1, 0.15) is 5.75 Å². The number of rotatable bonds is 6. The van der Waals surface area contributed by atoms with Crippen LogP contribution in [0, 0.1) is 0 Å². The van der Waals surface area contributed by atoms with Crippen molar-refractivity contribution in [1.29, 1.82) is 0 Å². The summed E-state index contributed by atoms with van der Waals surface area (Å²) in [7, 11) is 1.66. The van der Waals surface area contributed by atoms with Crippen LogP contribution >= 0.6 is 31.9 Å². The van der Waals surface area contributed by atoms with Gasteiger partial charge in [-0.2, -0.15) is 0 Å². The van der Waals surface area contributed by atoms with Gasteiger partial charge in [0.25, 0.3) is 0 Å². The first kappa shape index (κ1) is 15.5. The molecule has 0 aliphatic carbocycles. The molecule has 0 spiro atoms. The summed E-state index contributed by atoms with van der Waals surface area (Å²) in [4.78, 5) is 4.30. The molecule has 2 rings (SSSR count). The second kappa shape index (κ2) is 7.76. The SMILES string of the molecule is COc1c(Br)cc(CNCCc2ccccn2)cc1Br. The third kappa shape index (κ3) is 4.30. The van der Waals surface area contributed by atoms with Gasteiger partial charge in [-0.05, 0) is 61.7 Å². The Labute approximate surface area is 136 Å². The van der Waals surface area contributed by atoms with E-state index in [0.29, 0.717) is 0 Å². The van der Waals surface area contributed by atoms with Crippen LogP contribution in [0.3, 0.4) is 0 Å². The Morgan fingerprint density at radius 1 is 1.20 bits per heavy atom. The highest BCUT2D eigenvalue weighted by atomic mass is 79.9. The average molecular weight is 400 g/mol. The van der Waals surface area contributed by atoms with E-state index in [0.717, 1.165) is 39.9 Å². The Bertz CT molecular complexity index is 538. The van der Waals surface area contributed by atoms with E-state index in [1.807, 2.05) is 24.4 Å². The van der Waals surface area contributed by atoms with Crippen LogP contribution in [0.5, 0.6) is 5.75 Å². The number of nitrogens with zero attached hydrogens (tertiary/aromatic N) is 1. The van der Waals surface area contributed by atoms with Gasteiger partial charge in [-0.15, -0.1) is 0 Å². The van der Waals surface area contributed by atoms with Crippen LogP contribution in [0.2, 0.25) is 0 Å². The third-order valence-electron chi connectivity index (χ3n) is 2.88. The van der Waals surface area contributed by atoms with Gasteiger partial charge >= 0.3 is 0 Å². The summed E-state index contributed by atoms with van der Waals surface area (Å²) in [6, 6.07) is 10.1. The Balaban J connectivity index is 1.85. The number of nitrogens with one attached hydrogen (secondary N) is 1. The molecule has 2 aromatic rings. The lowest BCUT2D eigenvalue weighted by atomic mass is 10.2. The van der Waals surface area contributed by atoms with Gasteiger partial charge in [0.2, 0.25) is 0 Å². The Morgan fingerprint density at radius 2 is 1.95 bits per heavy atom. The quantitative estimate of drug-likeness (QED) is 0.746. The Kier molecular flexibility index (Phi) is 6.01. The van der Waals surface area contributed by atoms with Crippen LogP contribution in [0.25, 0.3) is 0 Å². The number of ether oxygens (including phenoxy) is 1. The number of methoxy groups -OCH3 is 1. The molecule has 0 radical (unpaired) electrons. The molecule has 20 heavy (non-hydrogen) atoms. The summed E-state index contributed by atoms with van der Waals surface area (Å²) in [6.07, 6.45) is 2.76. The van der Waals surface area contributed by atoms with E-state index >= 15 is 0 Å². The number of halogens is 2. The molecule has 0 aliphatic rings. The van der Waals surface area contributed by atoms with E-state index in [2.05, 4.69) is 54.3 Å². The van der Waals surface area contributed by atoms with E-state index in [4.69, 9.17) is 4.74 Å². The normalized spacial score (nSPS) is 10.6. The Morgan fingerprint density at radius 3 is 2.55 bits per heavy atom. The second-order valence-electron chi connectivity index (χ2n) is 4.34. The molecular formula is C15H16Br2N2O. The van der Waals surface area contributed by atoms with E-state index in [1.54, 1.807) is 7.11 Å². The van der Waals surface area contributed by atoms with Gasteiger partial charge in [0, 0.05) is 31.4 Å². The van der Waals surface area contributed by atoms with E-state index in [-0.39, 0.29) is 0 Å². The van der Waals surface area contributed by atoms with Crippen molar-refractivity contribution in [2.75, 3.05) is 13.7 Å². The molecule has 1 aromatic heterocycles. The first-order valence-corrected chi connectivity index (χ1v) is 7.92. The molecule has 1 N–H and O–H groups in total. The van der Waals surface area contributed by atoms with Crippen molar-refractivity contribution >= 4 is 31.9 Å². The van der Waals surface area contributed by atoms with Crippen molar-refractivity contribution in [2.24, 2.45) is 0 Å². The molecule has 0 saturated carbocycles. The number of pyridine rings is 1. The number of hydrogen-bond acceptors (Lipinski definition) is 3. The van der Waals surface area contributed by atoms with E-state index < -0.39 is 0 Å². The zero-order valence-corrected chi connectivity index (χ0v) is 14.4. The average Bonchev–Trinajstić information content (AvgIpc) is 2.44. The molecular weight excluding hydrogens is 384 g/mol. The molecule has 0 fully saturated rings. The van der Waals surface area contributed by atoms with Crippen LogP contribution in [-0.2, 0) is 13.0 Å². The van der Waals surface area contributed by atoms with Gasteiger partial charge in [0.05, 0.1) is 16.1 Å². The lowest BCUT2D eigenvalue weighted by molar-refractivity contribution is 0.409. The lowest BCUT2D eigenvalue weighted by Gasteiger charge is -2.10. The fourth-order valence-corrected chi connectivity index (χ4v) is 3.51. The standard InChI is InChI=1S/C15H16Br2N2O/c1-20-15-13(16)8-11(9-14(15)17)10-18-7-5-12-4-2-3-6-19-12/h2-4,6,8-9,18H,5,7,10H2,1H3. The summed E-state index contributed by atoms with van der Waals surface area (Å²) >= 11 is 7.02. The van der Waals surface area contributed by atoms with Crippen LogP contribution in [0.4, 0.5) is 0 Å². The maximum Gasteiger partial charge on any atom is 0.147 e. The molecule has 1 heterocycles. The van der Waals surface area contributed by atoms with Crippen molar-refractivity contribution in [3.63, 3.8) is 0 Å². The van der Waals surface area contributed by atoms with Gasteiger partial charge in [-0.25, -0.2) is 0 Å². The molecule has 0 aliphatic heterocycles. The van der Waals surface area contributed by atoms with Crippen LogP contribution in [0.15, 0.2) is 45.5 Å².